The number of nitrogens with zero attached hydrogens (tertiary/aromatic N) is 2. The van der Waals surface area contributed by atoms with Gasteiger partial charge in [0, 0.05) is 49.7 Å². The number of hydrogen-bond acceptors (Lipinski definition) is 8. The first-order valence-corrected chi connectivity index (χ1v) is 17.2. The second-order valence-electron chi connectivity index (χ2n) is 12.9. The Balaban J connectivity index is 1.55. The van der Waals surface area contributed by atoms with Gasteiger partial charge in [0.15, 0.2) is 0 Å². The van der Waals surface area contributed by atoms with Crippen LogP contribution in [0.1, 0.15) is 50.4 Å². The summed E-state index contributed by atoms with van der Waals surface area (Å²) < 4.78 is 23.1. The minimum atomic E-state index is -0.551. The predicted octanol–water partition coefficient (Wildman–Crippen LogP) is 6.31. The number of amides is 5. The van der Waals surface area contributed by atoms with Crippen molar-refractivity contribution < 1.29 is 38.4 Å². The molecule has 0 fully saturated rings. The number of benzene rings is 3. The fraction of sp³-hybridized carbons (Fsp3) is 0.447. The lowest BCUT2D eigenvalue weighted by Crippen LogP contribution is -2.48. The van der Waals surface area contributed by atoms with E-state index < -0.39 is 18.2 Å². The molecule has 1 heterocycles. The molecule has 0 saturated heterocycles. The predicted molar refractivity (Wildman–Crippen MR) is 197 cm³/mol. The van der Waals surface area contributed by atoms with Gasteiger partial charge < -0.3 is 49.8 Å². The van der Waals surface area contributed by atoms with Crippen molar-refractivity contribution >= 4 is 35.0 Å². The summed E-state index contributed by atoms with van der Waals surface area (Å²) in [5.41, 5.74) is 1.84. The zero-order valence-corrected chi connectivity index (χ0v) is 30.3. The lowest BCUT2D eigenvalue weighted by atomic mass is 10.0. The summed E-state index contributed by atoms with van der Waals surface area (Å²) in [7, 11) is 4.85. The number of fused-ring (bicyclic) bond motifs is 1. The minimum absolute atomic E-state index is 0.206. The molecular formula is C38H51N5O8. The number of methoxy groups -OCH3 is 2. The highest BCUT2D eigenvalue weighted by molar-refractivity contribution is 6.02. The van der Waals surface area contributed by atoms with Crippen molar-refractivity contribution in [2.75, 3.05) is 63.5 Å². The smallest absolute Gasteiger partial charge is 0.323 e. The summed E-state index contributed by atoms with van der Waals surface area (Å²) in [5, 5.41) is 18.7. The van der Waals surface area contributed by atoms with Crippen LogP contribution in [0.4, 0.5) is 26.7 Å². The maximum atomic E-state index is 14.4. The van der Waals surface area contributed by atoms with E-state index in [-0.39, 0.29) is 49.2 Å². The summed E-state index contributed by atoms with van der Waals surface area (Å²) in [6, 6.07) is 17.6. The largest absolute Gasteiger partial charge is 0.497 e. The highest BCUT2D eigenvalue weighted by Crippen LogP contribution is 2.29. The van der Waals surface area contributed by atoms with E-state index in [0.717, 1.165) is 19.3 Å². The highest BCUT2D eigenvalue weighted by Gasteiger charge is 2.31. The fourth-order valence-corrected chi connectivity index (χ4v) is 5.68. The summed E-state index contributed by atoms with van der Waals surface area (Å²) in [4.78, 5) is 43.6. The van der Waals surface area contributed by atoms with Crippen LogP contribution < -0.4 is 30.2 Å². The Kier molecular flexibility index (Phi) is 14.3. The van der Waals surface area contributed by atoms with Gasteiger partial charge >= 0.3 is 12.1 Å². The molecule has 276 valence electrons. The Bertz CT molecular complexity index is 1590. The van der Waals surface area contributed by atoms with E-state index in [9.17, 15) is 19.5 Å². The molecule has 3 aromatic rings. The van der Waals surface area contributed by atoms with E-state index in [1.54, 1.807) is 105 Å². The van der Waals surface area contributed by atoms with Gasteiger partial charge in [0.05, 0.1) is 44.6 Å². The molecule has 0 spiro atoms. The zero-order chi connectivity index (χ0) is 36.9. The third-order valence-electron chi connectivity index (χ3n) is 8.80. The number of carbonyl (C=O) groups excluding carboxylic acids is 3. The lowest BCUT2D eigenvalue weighted by molar-refractivity contribution is -0.0115. The Labute approximate surface area is 300 Å². The molecule has 5 amide bonds. The van der Waals surface area contributed by atoms with E-state index in [1.807, 2.05) is 13.8 Å². The third kappa shape index (κ3) is 11.2. The average Bonchev–Trinajstić information content (AvgIpc) is 3.13. The molecule has 4 rings (SSSR count). The van der Waals surface area contributed by atoms with Crippen molar-refractivity contribution in [3.63, 3.8) is 0 Å². The van der Waals surface area contributed by atoms with Gasteiger partial charge in [-0.15, -0.1) is 0 Å². The summed E-state index contributed by atoms with van der Waals surface area (Å²) in [6.45, 7) is 6.38. The van der Waals surface area contributed by atoms with Crippen LogP contribution in [0.3, 0.4) is 0 Å². The number of likely N-dealkylation sites (N-methyl/N-ethyl adjacent to an activating group) is 1. The average molecular weight is 706 g/mol. The molecule has 0 aliphatic carbocycles. The SMILES string of the molecule is COc1ccc(NC(=O)Nc2ccc3c(c2)C(=O)N([C@@H](C)CO)C[C@H](C)[C@H](CN(C)C(=O)Nc2ccc(OC)cc2)OCCCC[C@H](C)O3)cc1. The highest BCUT2D eigenvalue weighted by atomic mass is 16.5. The number of urea groups is 2. The maximum absolute atomic E-state index is 14.4. The second kappa shape index (κ2) is 18.8. The maximum Gasteiger partial charge on any atom is 0.323 e. The third-order valence-corrected chi connectivity index (χ3v) is 8.80. The van der Waals surface area contributed by atoms with Gasteiger partial charge in [-0.3, -0.25) is 4.79 Å². The number of hydrogen-bond donors (Lipinski definition) is 4. The van der Waals surface area contributed by atoms with E-state index in [1.165, 1.54) is 0 Å². The molecule has 13 nitrogen and oxygen atoms in total. The van der Waals surface area contributed by atoms with E-state index in [4.69, 9.17) is 18.9 Å². The van der Waals surface area contributed by atoms with Gasteiger partial charge in [0.1, 0.15) is 17.2 Å². The molecule has 0 unspecified atom stereocenters. The molecule has 0 aromatic heterocycles. The molecule has 1 aliphatic heterocycles. The summed E-state index contributed by atoms with van der Waals surface area (Å²) >= 11 is 0. The number of rotatable bonds is 9. The van der Waals surface area contributed by atoms with Crippen molar-refractivity contribution in [1.82, 2.24) is 9.80 Å². The first-order chi connectivity index (χ1) is 24.5. The summed E-state index contributed by atoms with van der Waals surface area (Å²) in [5.74, 6) is 1.13. The van der Waals surface area contributed by atoms with Crippen molar-refractivity contribution in [3.8, 4) is 17.2 Å². The first kappa shape index (κ1) is 38.8. The number of aliphatic hydroxyl groups is 1. The Morgan fingerprint density at radius 2 is 1.51 bits per heavy atom. The molecular weight excluding hydrogens is 654 g/mol. The van der Waals surface area contributed by atoms with E-state index in [0.29, 0.717) is 40.9 Å². The molecule has 13 heteroatoms. The van der Waals surface area contributed by atoms with Crippen LogP contribution in [0.15, 0.2) is 66.7 Å². The van der Waals surface area contributed by atoms with Crippen molar-refractivity contribution in [2.24, 2.45) is 5.92 Å². The Morgan fingerprint density at radius 3 is 2.12 bits per heavy atom. The standard InChI is InChI=1S/C38H51N5O8/c1-25-22-43(26(2)24-44)36(45)33-21-30(40-37(46)39-28-10-15-31(48-5)16-11-28)14-19-34(33)51-27(3)9-7-8-20-50-35(25)23-42(4)38(47)41-29-12-17-32(49-6)18-13-29/h10-19,21,25-27,35,44H,7-9,20,22-24H2,1-6H3,(H,41,47)(H2,39,40,46)/t25-,26-,27-,35-/m0/s1. The normalized spacial score (nSPS) is 19.0. The number of ether oxygens (including phenoxy) is 4. The minimum Gasteiger partial charge on any atom is -0.497 e. The van der Waals surface area contributed by atoms with Gasteiger partial charge in [-0.05, 0) is 99.8 Å². The van der Waals surface area contributed by atoms with Crippen LogP contribution in [0.25, 0.3) is 0 Å². The van der Waals surface area contributed by atoms with E-state index >= 15 is 0 Å². The fourth-order valence-electron chi connectivity index (χ4n) is 5.68. The van der Waals surface area contributed by atoms with Crippen LogP contribution in [-0.4, -0.2) is 98.7 Å². The van der Waals surface area contributed by atoms with Gasteiger partial charge in [0.25, 0.3) is 5.91 Å². The second-order valence-corrected chi connectivity index (χ2v) is 12.9. The number of aliphatic hydroxyl groups excluding tert-OH is 1. The van der Waals surface area contributed by atoms with Gasteiger partial charge in [-0.2, -0.15) is 0 Å². The van der Waals surface area contributed by atoms with Crippen molar-refractivity contribution in [2.45, 2.75) is 58.3 Å². The Morgan fingerprint density at radius 1 is 0.922 bits per heavy atom. The van der Waals surface area contributed by atoms with Crippen LogP contribution in [0.5, 0.6) is 17.2 Å². The molecule has 0 saturated carbocycles. The first-order valence-electron chi connectivity index (χ1n) is 17.2. The molecule has 0 bridgehead atoms. The van der Waals surface area contributed by atoms with Crippen LogP contribution in [-0.2, 0) is 4.74 Å². The molecule has 0 radical (unpaired) electrons. The van der Waals surface area contributed by atoms with Crippen molar-refractivity contribution in [3.05, 3.63) is 72.3 Å². The lowest BCUT2D eigenvalue weighted by Gasteiger charge is -2.35. The van der Waals surface area contributed by atoms with Crippen molar-refractivity contribution in [1.29, 1.82) is 0 Å². The van der Waals surface area contributed by atoms with Crippen LogP contribution in [0, 0.1) is 5.92 Å². The number of carbonyl (C=O) groups is 3. The topological polar surface area (TPSA) is 151 Å². The number of anilines is 3. The molecule has 4 atom stereocenters. The quantitative estimate of drug-likeness (QED) is 0.202. The van der Waals surface area contributed by atoms with Gasteiger partial charge in [0.2, 0.25) is 0 Å². The zero-order valence-electron chi connectivity index (χ0n) is 30.3. The summed E-state index contributed by atoms with van der Waals surface area (Å²) in [6.07, 6.45) is 1.72. The Hall–Kier alpha value is -5.01. The monoisotopic (exact) mass is 705 g/mol. The van der Waals surface area contributed by atoms with Gasteiger partial charge in [-0.1, -0.05) is 6.92 Å². The number of nitrogens with one attached hydrogen (secondary N) is 3. The van der Waals surface area contributed by atoms with Gasteiger partial charge in [-0.25, -0.2) is 9.59 Å². The molecule has 3 aromatic carbocycles. The van der Waals surface area contributed by atoms with Crippen LogP contribution >= 0.6 is 0 Å². The molecule has 1 aliphatic rings. The van der Waals surface area contributed by atoms with Crippen LogP contribution in [0.2, 0.25) is 0 Å². The molecule has 51 heavy (non-hydrogen) atoms. The molecule has 4 N–H and O–H groups in total. The van der Waals surface area contributed by atoms with E-state index in [2.05, 4.69) is 16.0 Å².